The van der Waals surface area contributed by atoms with Crippen LogP contribution in [0.3, 0.4) is 0 Å². The van der Waals surface area contributed by atoms with E-state index in [1.54, 1.807) is 0 Å². The Morgan fingerprint density at radius 2 is 1.15 bits per heavy atom. The van der Waals surface area contributed by atoms with Gasteiger partial charge in [-0.1, -0.05) is 23.5 Å². The summed E-state index contributed by atoms with van der Waals surface area (Å²) in [5.41, 5.74) is 0. The summed E-state index contributed by atoms with van der Waals surface area (Å²) < 4.78 is 0. The second-order valence-corrected chi connectivity index (χ2v) is 6.34. The van der Waals surface area contributed by atoms with Crippen LogP contribution in [0, 0.1) is 12.8 Å². The standard InChI is InChI=1S/C10H14N2O4S2.C2H2/c1-5(13)17-9-7(15)12(4)10(18-6(2)14)8(16)11(9)3;1-2/h9-10H,1-4H3;1-2H. The molecule has 110 valence electrons. The highest BCUT2D eigenvalue weighted by molar-refractivity contribution is 8.15. The van der Waals surface area contributed by atoms with Gasteiger partial charge in [-0.05, 0) is 0 Å². The van der Waals surface area contributed by atoms with Crippen LogP contribution in [0.15, 0.2) is 0 Å². The normalized spacial score (nSPS) is 22.1. The van der Waals surface area contributed by atoms with Gasteiger partial charge in [0.25, 0.3) is 11.8 Å². The zero-order chi connectivity index (χ0) is 16.0. The molecule has 0 bridgehead atoms. The number of carbonyl (C=O) groups is 4. The first-order chi connectivity index (χ1) is 9.25. The van der Waals surface area contributed by atoms with Crippen molar-refractivity contribution in [3.8, 4) is 12.8 Å². The maximum Gasteiger partial charge on any atom is 0.257 e. The molecule has 1 rings (SSSR count). The average molecular weight is 316 g/mol. The predicted molar refractivity (Wildman–Crippen MR) is 79.6 cm³/mol. The van der Waals surface area contributed by atoms with Crippen molar-refractivity contribution in [2.45, 2.75) is 24.6 Å². The minimum Gasteiger partial charge on any atom is -0.322 e. The van der Waals surface area contributed by atoms with E-state index < -0.39 is 10.7 Å². The summed E-state index contributed by atoms with van der Waals surface area (Å²) in [7, 11) is 2.92. The summed E-state index contributed by atoms with van der Waals surface area (Å²) in [5, 5.41) is -2.16. The zero-order valence-corrected chi connectivity index (χ0v) is 13.3. The fraction of sp³-hybridized carbons (Fsp3) is 0.500. The number of piperazine rings is 1. The number of terminal acetylenes is 1. The summed E-state index contributed by atoms with van der Waals surface area (Å²) in [4.78, 5) is 48.7. The van der Waals surface area contributed by atoms with E-state index in [1.807, 2.05) is 0 Å². The Morgan fingerprint density at radius 3 is 1.35 bits per heavy atom. The van der Waals surface area contributed by atoms with E-state index in [1.165, 1.54) is 37.7 Å². The molecule has 6 nitrogen and oxygen atoms in total. The van der Waals surface area contributed by atoms with E-state index >= 15 is 0 Å². The van der Waals surface area contributed by atoms with Gasteiger partial charge in [0.05, 0.1) is 0 Å². The third kappa shape index (κ3) is 4.28. The lowest BCUT2D eigenvalue weighted by molar-refractivity contribution is -0.150. The van der Waals surface area contributed by atoms with Gasteiger partial charge in [-0.15, -0.1) is 12.8 Å². The van der Waals surface area contributed by atoms with Gasteiger partial charge in [-0.2, -0.15) is 0 Å². The molecule has 1 aliphatic rings. The molecule has 0 radical (unpaired) electrons. The number of thioether (sulfide) groups is 2. The van der Waals surface area contributed by atoms with Crippen LogP contribution in [0.25, 0.3) is 0 Å². The summed E-state index contributed by atoms with van der Waals surface area (Å²) in [6.07, 6.45) is 8.00. The smallest absolute Gasteiger partial charge is 0.257 e. The second-order valence-electron chi connectivity index (χ2n) is 3.82. The molecular formula is C12H16N2O4S2. The van der Waals surface area contributed by atoms with Crippen molar-refractivity contribution in [1.29, 1.82) is 0 Å². The summed E-state index contributed by atoms with van der Waals surface area (Å²) in [6.45, 7) is 2.68. The lowest BCUT2D eigenvalue weighted by atomic mass is 10.3. The van der Waals surface area contributed by atoms with Crippen LogP contribution in [0.4, 0.5) is 0 Å². The number of hydrogen-bond donors (Lipinski definition) is 0. The molecule has 1 saturated heterocycles. The molecule has 1 heterocycles. The molecule has 2 amide bonds. The highest BCUT2D eigenvalue weighted by atomic mass is 32.2. The SMILES string of the molecule is C#C.CC(=O)SC1C(=O)N(C)C(SC(C)=O)C(=O)N1C. The molecule has 0 aliphatic carbocycles. The second kappa shape index (κ2) is 7.97. The first-order valence-electron chi connectivity index (χ1n) is 5.46. The van der Waals surface area contributed by atoms with E-state index in [9.17, 15) is 19.2 Å². The van der Waals surface area contributed by atoms with Crippen LogP contribution in [0.1, 0.15) is 13.8 Å². The Bertz CT molecular complexity index is 412. The molecule has 0 saturated carbocycles. The van der Waals surface area contributed by atoms with Crippen LogP contribution >= 0.6 is 23.5 Å². The summed E-state index contributed by atoms with van der Waals surface area (Å²) >= 11 is 1.60. The number of carbonyl (C=O) groups excluding carboxylic acids is 4. The minimum atomic E-state index is -0.844. The Kier molecular flexibility index (Phi) is 7.39. The molecule has 0 spiro atoms. The van der Waals surface area contributed by atoms with Crippen LogP contribution in [-0.4, -0.2) is 56.7 Å². The van der Waals surface area contributed by atoms with Crippen molar-refractivity contribution in [3.05, 3.63) is 0 Å². The van der Waals surface area contributed by atoms with Crippen LogP contribution in [-0.2, 0) is 19.2 Å². The summed E-state index contributed by atoms with van der Waals surface area (Å²) in [5.74, 6) is -0.702. The van der Waals surface area contributed by atoms with Crippen molar-refractivity contribution in [3.63, 3.8) is 0 Å². The Labute approximate surface area is 126 Å². The zero-order valence-electron chi connectivity index (χ0n) is 11.7. The number of hydrogen-bond acceptors (Lipinski definition) is 6. The number of nitrogens with zero attached hydrogens (tertiary/aromatic N) is 2. The molecule has 0 aromatic heterocycles. The largest absolute Gasteiger partial charge is 0.322 e. The van der Waals surface area contributed by atoms with Crippen molar-refractivity contribution >= 4 is 45.6 Å². The molecule has 2 unspecified atom stereocenters. The van der Waals surface area contributed by atoms with Gasteiger partial charge in [0.1, 0.15) is 0 Å². The van der Waals surface area contributed by atoms with Crippen LogP contribution in [0.5, 0.6) is 0 Å². The number of likely N-dealkylation sites (N-methyl/N-ethyl adjacent to an activating group) is 2. The molecule has 0 aromatic rings. The first kappa shape index (κ1) is 18.5. The topological polar surface area (TPSA) is 74.8 Å². The molecule has 0 N–H and O–H groups in total. The van der Waals surface area contributed by atoms with Crippen molar-refractivity contribution in [2.75, 3.05) is 14.1 Å². The van der Waals surface area contributed by atoms with Crippen molar-refractivity contribution < 1.29 is 19.2 Å². The number of amides is 2. The highest BCUT2D eigenvalue weighted by Crippen LogP contribution is 2.29. The van der Waals surface area contributed by atoms with Gasteiger partial charge in [0, 0.05) is 27.9 Å². The van der Waals surface area contributed by atoms with Gasteiger partial charge < -0.3 is 9.80 Å². The fourth-order valence-corrected chi connectivity index (χ4v) is 3.17. The minimum absolute atomic E-state index is 0.237. The van der Waals surface area contributed by atoms with Gasteiger partial charge >= 0.3 is 0 Å². The van der Waals surface area contributed by atoms with E-state index in [-0.39, 0.29) is 22.0 Å². The summed E-state index contributed by atoms with van der Waals surface area (Å²) in [6, 6.07) is 0. The van der Waals surface area contributed by atoms with E-state index in [0.717, 1.165) is 23.5 Å². The van der Waals surface area contributed by atoms with Crippen LogP contribution < -0.4 is 0 Å². The third-order valence-electron chi connectivity index (χ3n) is 2.38. The molecule has 0 aromatic carbocycles. The molecule has 2 atom stereocenters. The lowest BCUT2D eigenvalue weighted by Gasteiger charge is -2.40. The average Bonchev–Trinajstić information content (AvgIpc) is 2.39. The maximum absolute atomic E-state index is 12.0. The molecule has 20 heavy (non-hydrogen) atoms. The van der Waals surface area contributed by atoms with Gasteiger partial charge in [-0.25, -0.2) is 0 Å². The molecule has 1 aliphatic heterocycles. The molecular weight excluding hydrogens is 300 g/mol. The van der Waals surface area contributed by atoms with Gasteiger partial charge in [0.2, 0.25) is 0 Å². The van der Waals surface area contributed by atoms with Gasteiger partial charge in [-0.3, -0.25) is 19.2 Å². The lowest BCUT2D eigenvalue weighted by Crippen LogP contribution is -2.60. The maximum atomic E-state index is 12.0. The van der Waals surface area contributed by atoms with Crippen molar-refractivity contribution in [2.24, 2.45) is 0 Å². The van der Waals surface area contributed by atoms with E-state index in [0.29, 0.717) is 0 Å². The van der Waals surface area contributed by atoms with E-state index in [2.05, 4.69) is 12.8 Å². The van der Waals surface area contributed by atoms with Crippen LogP contribution in [0.2, 0.25) is 0 Å². The third-order valence-corrected chi connectivity index (χ3v) is 4.52. The molecule has 8 heteroatoms. The predicted octanol–water partition coefficient (Wildman–Crippen LogP) is 0.378. The first-order valence-corrected chi connectivity index (χ1v) is 7.22. The highest BCUT2D eigenvalue weighted by Gasteiger charge is 2.44. The Hall–Kier alpha value is -1.46. The Morgan fingerprint density at radius 1 is 0.900 bits per heavy atom. The van der Waals surface area contributed by atoms with Gasteiger partial charge in [0.15, 0.2) is 21.0 Å². The quantitative estimate of drug-likeness (QED) is 0.686. The number of rotatable bonds is 2. The van der Waals surface area contributed by atoms with E-state index in [4.69, 9.17) is 0 Å². The fourth-order valence-electron chi connectivity index (χ4n) is 1.48. The monoisotopic (exact) mass is 316 g/mol. The Balaban J connectivity index is 0.00000172. The van der Waals surface area contributed by atoms with Crippen molar-refractivity contribution in [1.82, 2.24) is 9.80 Å². The molecule has 1 fully saturated rings.